The van der Waals surface area contributed by atoms with Crippen LogP contribution in [0.4, 0.5) is 10.5 Å². The van der Waals surface area contributed by atoms with E-state index in [2.05, 4.69) is 15.6 Å². The Morgan fingerprint density at radius 1 is 1.38 bits per heavy atom. The van der Waals surface area contributed by atoms with Gasteiger partial charge in [-0.1, -0.05) is 12.1 Å². The number of aromatic nitrogens is 2. The Kier molecular flexibility index (Phi) is 5.36. The van der Waals surface area contributed by atoms with Crippen molar-refractivity contribution in [2.75, 3.05) is 5.32 Å². The number of rotatable bonds is 6. The van der Waals surface area contributed by atoms with E-state index in [4.69, 9.17) is 4.74 Å². The van der Waals surface area contributed by atoms with Gasteiger partial charge in [-0.15, -0.1) is 0 Å². The molecule has 0 unspecified atom stereocenters. The maximum atomic E-state index is 12.2. The third-order valence-corrected chi connectivity index (χ3v) is 4.15. The lowest BCUT2D eigenvalue weighted by Crippen LogP contribution is -2.38. The molecule has 128 valence electrons. The number of carbonyl (C=O) groups excluding carboxylic acids is 1. The number of amides is 2. The van der Waals surface area contributed by atoms with E-state index >= 15 is 0 Å². The van der Waals surface area contributed by atoms with Gasteiger partial charge < -0.3 is 19.9 Å². The summed E-state index contributed by atoms with van der Waals surface area (Å²) in [4.78, 5) is 16.2. The van der Waals surface area contributed by atoms with Gasteiger partial charge in [0.15, 0.2) is 0 Å². The zero-order chi connectivity index (χ0) is 16.8. The molecule has 1 heterocycles. The van der Waals surface area contributed by atoms with Gasteiger partial charge in [-0.05, 0) is 44.7 Å². The Bertz CT molecular complexity index is 651. The molecule has 1 aromatic heterocycles. The van der Waals surface area contributed by atoms with Crippen LogP contribution in [0.5, 0.6) is 5.75 Å². The van der Waals surface area contributed by atoms with Crippen LogP contribution in [0.3, 0.4) is 0 Å². The number of nitrogens with zero attached hydrogens (tertiary/aromatic N) is 2. The van der Waals surface area contributed by atoms with Gasteiger partial charge in [0.05, 0.1) is 18.1 Å². The van der Waals surface area contributed by atoms with Crippen LogP contribution in [0.1, 0.15) is 32.6 Å². The highest BCUT2D eigenvalue weighted by atomic mass is 16.5. The van der Waals surface area contributed by atoms with Crippen molar-refractivity contribution in [2.45, 2.75) is 51.3 Å². The third kappa shape index (κ3) is 4.50. The van der Waals surface area contributed by atoms with Crippen molar-refractivity contribution in [3.05, 3.63) is 43.0 Å². The number of anilines is 1. The van der Waals surface area contributed by atoms with Gasteiger partial charge >= 0.3 is 6.03 Å². The van der Waals surface area contributed by atoms with Crippen LogP contribution in [0.2, 0.25) is 0 Å². The van der Waals surface area contributed by atoms with Gasteiger partial charge in [-0.3, -0.25) is 0 Å². The van der Waals surface area contributed by atoms with Crippen molar-refractivity contribution >= 4 is 11.7 Å². The Hall–Kier alpha value is -2.50. The summed E-state index contributed by atoms with van der Waals surface area (Å²) < 4.78 is 7.98. The molecule has 3 rings (SSSR count). The molecule has 2 aromatic rings. The molecule has 2 N–H and O–H groups in total. The molecule has 24 heavy (non-hydrogen) atoms. The number of benzene rings is 1. The fourth-order valence-electron chi connectivity index (χ4n) is 3.00. The van der Waals surface area contributed by atoms with E-state index < -0.39 is 0 Å². The molecule has 0 spiro atoms. The molecule has 6 heteroatoms. The molecule has 2 amide bonds. The smallest absolute Gasteiger partial charge is 0.319 e. The first-order valence-electron chi connectivity index (χ1n) is 8.49. The number of hydrogen-bond acceptors (Lipinski definition) is 3. The van der Waals surface area contributed by atoms with Crippen LogP contribution in [0, 0.1) is 0 Å². The number of imidazole rings is 1. The fourth-order valence-corrected chi connectivity index (χ4v) is 3.00. The second-order valence-corrected chi connectivity index (χ2v) is 6.28. The van der Waals surface area contributed by atoms with Crippen LogP contribution in [-0.4, -0.2) is 27.7 Å². The lowest BCUT2D eigenvalue weighted by molar-refractivity contribution is 0.211. The average Bonchev–Trinajstić information content (AvgIpc) is 3.23. The monoisotopic (exact) mass is 328 g/mol. The van der Waals surface area contributed by atoms with Gasteiger partial charge in [0.2, 0.25) is 0 Å². The number of urea groups is 1. The Morgan fingerprint density at radius 3 is 2.92 bits per heavy atom. The molecular weight excluding hydrogens is 304 g/mol. The molecule has 1 aromatic carbocycles. The zero-order valence-corrected chi connectivity index (χ0v) is 13.9. The van der Waals surface area contributed by atoms with Crippen LogP contribution < -0.4 is 15.4 Å². The Morgan fingerprint density at radius 2 is 2.17 bits per heavy atom. The van der Waals surface area contributed by atoms with Crippen LogP contribution in [0.25, 0.3) is 0 Å². The highest BCUT2D eigenvalue weighted by Crippen LogP contribution is 2.29. The van der Waals surface area contributed by atoms with Gasteiger partial charge in [0.1, 0.15) is 5.75 Å². The summed E-state index contributed by atoms with van der Waals surface area (Å²) in [5, 5.41) is 5.83. The maximum Gasteiger partial charge on any atom is 0.319 e. The van der Waals surface area contributed by atoms with E-state index in [0.29, 0.717) is 12.2 Å². The number of ether oxygens (including phenoxy) is 1. The molecule has 1 aliphatic carbocycles. The van der Waals surface area contributed by atoms with Crippen LogP contribution >= 0.6 is 0 Å². The van der Waals surface area contributed by atoms with E-state index in [-0.39, 0.29) is 18.2 Å². The van der Waals surface area contributed by atoms with E-state index in [0.717, 1.165) is 18.6 Å². The summed E-state index contributed by atoms with van der Waals surface area (Å²) in [6, 6.07) is 7.35. The topological polar surface area (TPSA) is 68.2 Å². The minimum Gasteiger partial charge on any atom is -0.488 e. The molecule has 1 fully saturated rings. The molecule has 0 aliphatic heterocycles. The van der Waals surface area contributed by atoms with Crippen LogP contribution in [0.15, 0.2) is 43.0 Å². The van der Waals surface area contributed by atoms with Crippen molar-refractivity contribution in [1.29, 1.82) is 0 Å². The van der Waals surface area contributed by atoms with Crippen molar-refractivity contribution in [3.63, 3.8) is 0 Å². The number of hydrogen-bond donors (Lipinski definition) is 2. The van der Waals surface area contributed by atoms with E-state index in [1.807, 2.05) is 42.0 Å². The predicted molar refractivity (Wildman–Crippen MR) is 93.2 cm³/mol. The van der Waals surface area contributed by atoms with E-state index in [9.17, 15) is 4.79 Å². The van der Waals surface area contributed by atoms with Gasteiger partial charge in [0.25, 0.3) is 0 Å². The molecule has 1 aliphatic rings. The molecule has 0 bridgehead atoms. The van der Waals surface area contributed by atoms with E-state index in [1.54, 1.807) is 12.5 Å². The minimum absolute atomic E-state index is 0.0119. The molecule has 0 saturated heterocycles. The van der Waals surface area contributed by atoms with E-state index in [1.165, 1.54) is 12.8 Å². The summed E-state index contributed by atoms with van der Waals surface area (Å²) in [6.07, 6.45) is 10.2. The van der Waals surface area contributed by atoms with Crippen molar-refractivity contribution in [2.24, 2.45) is 0 Å². The average molecular weight is 328 g/mol. The minimum atomic E-state index is -0.231. The summed E-state index contributed by atoms with van der Waals surface area (Å²) in [5.74, 6) is 0.738. The van der Waals surface area contributed by atoms with Crippen molar-refractivity contribution in [3.8, 4) is 5.75 Å². The Labute approximate surface area is 142 Å². The summed E-state index contributed by atoms with van der Waals surface area (Å²) in [7, 11) is 0. The lowest BCUT2D eigenvalue weighted by Gasteiger charge is -2.18. The largest absolute Gasteiger partial charge is 0.488 e. The van der Waals surface area contributed by atoms with Gasteiger partial charge in [0, 0.05) is 25.0 Å². The molecule has 1 saturated carbocycles. The summed E-state index contributed by atoms with van der Waals surface area (Å²) in [6.45, 7) is 2.63. The zero-order valence-electron chi connectivity index (χ0n) is 13.9. The second-order valence-electron chi connectivity index (χ2n) is 6.28. The van der Waals surface area contributed by atoms with Crippen molar-refractivity contribution in [1.82, 2.24) is 14.9 Å². The molecule has 6 nitrogen and oxygen atoms in total. The quantitative estimate of drug-likeness (QED) is 0.854. The fraction of sp³-hybridized carbons (Fsp3) is 0.444. The first-order chi connectivity index (χ1) is 11.7. The first kappa shape index (κ1) is 16.4. The second kappa shape index (κ2) is 7.86. The lowest BCUT2D eigenvalue weighted by atomic mass is 10.2. The molecular formula is C18H24N4O2. The molecule has 1 atom stereocenters. The summed E-state index contributed by atoms with van der Waals surface area (Å²) >= 11 is 0. The third-order valence-electron chi connectivity index (χ3n) is 4.15. The predicted octanol–water partition coefficient (Wildman–Crippen LogP) is 3.41. The first-order valence-corrected chi connectivity index (χ1v) is 8.49. The van der Waals surface area contributed by atoms with Gasteiger partial charge in [-0.2, -0.15) is 0 Å². The van der Waals surface area contributed by atoms with Gasteiger partial charge in [-0.25, -0.2) is 9.78 Å². The standard InChI is InChI=1S/C18H24N4O2/c1-14(12-22-11-10-19-13-22)20-18(23)21-16-8-4-5-9-17(16)24-15-6-2-3-7-15/h4-5,8-11,13-15H,2-3,6-7,12H2,1H3,(H2,20,21,23)/t14-/m1/s1. The maximum absolute atomic E-state index is 12.2. The SMILES string of the molecule is C[C@H](Cn1ccnc1)NC(=O)Nc1ccccc1OC1CCCC1. The number of para-hydroxylation sites is 2. The summed E-state index contributed by atoms with van der Waals surface area (Å²) in [5.41, 5.74) is 0.705. The number of carbonyl (C=O) groups is 1. The van der Waals surface area contributed by atoms with Crippen molar-refractivity contribution < 1.29 is 9.53 Å². The highest BCUT2D eigenvalue weighted by molar-refractivity contribution is 5.91. The highest BCUT2D eigenvalue weighted by Gasteiger charge is 2.18. The Balaban J connectivity index is 1.55. The normalized spacial score (nSPS) is 15.9. The van der Waals surface area contributed by atoms with Crippen LogP contribution in [-0.2, 0) is 6.54 Å². The molecule has 0 radical (unpaired) electrons. The number of nitrogens with one attached hydrogen (secondary N) is 2.